The molecule has 1 aliphatic carbocycles. The standard InChI is InChI=1S/C22H21F2IN7O2P/c1-31-10-12(9-26-31)13-4-3-5-14(18(13)34-2)27-15-8-16(29-22(33)11-6-7-11)28-20-17(15)30-21(19(23)24)32(20)35-25/h3-5,8-11,19,35H,6-7H2,1-2H3,(H2,27,28,29,33). The molecule has 13 heteroatoms. The molecule has 35 heavy (non-hydrogen) atoms. The number of alkyl halides is 2. The molecule has 1 saturated carbocycles. The molecule has 1 aliphatic rings. The minimum atomic E-state index is -2.77. The number of fused-ring (bicyclic) bond motifs is 1. The lowest BCUT2D eigenvalue weighted by atomic mass is 10.1. The Kier molecular flexibility index (Phi) is 6.58. The number of rotatable bonds is 8. The number of hydrogen-bond donors (Lipinski definition) is 2. The summed E-state index contributed by atoms with van der Waals surface area (Å²) in [5, 5.41) is 10.3. The van der Waals surface area contributed by atoms with Crippen LogP contribution in [0.2, 0.25) is 0 Å². The Bertz CT molecular complexity index is 1420. The SMILES string of the molecule is COc1c(Nc2cc(NC(=O)C3CC3)nc3c2nc(C(F)F)n3PI)cccc1-c1cnn(C)c1. The molecule has 1 amide bonds. The zero-order valence-electron chi connectivity index (χ0n) is 18.7. The van der Waals surface area contributed by atoms with Crippen molar-refractivity contribution in [2.75, 3.05) is 17.7 Å². The number of benzene rings is 1. The Morgan fingerprint density at radius 3 is 2.71 bits per heavy atom. The number of carbonyl (C=O) groups is 1. The molecule has 0 radical (unpaired) electrons. The monoisotopic (exact) mass is 611 g/mol. The number of ether oxygens (including phenoxy) is 1. The molecule has 0 bridgehead atoms. The number of halogens is 3. The van der Waals surface area contributed by atoms with Crippen molar-refractivity contribution in [1.82, 2.24) is 24.1 Å². The summed E-state index contributed by atoms with van der Waals surface area (Å²) in [5.74, 6) is 0.295. The minimum Gasteiger partial charge on any atom is -0.494 e. The number of aromatic nitrogens is 5. The lowest BCUT2D eigenvalue weighted by molar-refractivity contribution is -0.117. The van der Waals surface area contributed by atoms with Crippen LogP contribution in [0.25, 0.3) is 22.3 Å². The fourth-order valence-corrected chi connectivity index (χ4v) is 5.71. The van der Waals surface area contributed by atoms with E-state index in [4.69, 9.17) is 4.74 Å². The molecule has 0 spiro atoms. The number of carbonyl (C=O) groups excluding carboxylic acids is 1. The van der Waals surface area contributed by atoms with Crippen molar-refractivity contribution in [1.29, 1.82) is 0 Å². The van der Waals surface area contributed by atoms with Gasteiger partial charge in [-0.25, -0.2) is 18.7 Å². The normalized spacial score (nSPS) is 13.8. The molecule has 5 rings (SSSR count). The van der Waals surface area contributed by atoms with Gasteiger partial charge in [0, 0.05) is 36.4 Å². The quantitative estimate of drug-likeness (QED) is 0.197. The highest BCUT2D eigenvalue weighted by Gasteiger charge is 2.30. The van der Waals surface area contributed by atoms with Crippen molar-refractivity contribution >= 4 is 62.7 Å². The molecule has 9 nitrogen and oxygen atoms in total. The molecule has 1 aromatic carbocycles. The van der Waals surface area contributed by atoms with Crippen LogP contribution in [0.15, 0.2) is 36.7 Å². The topological polar surface area (TPSA) is 98.9 Å². The highest BCUT2D eigenvalue weighted by Crippen LogP contribution is 2.41. The van der Waals surface area contributed by atoms with E-state index >= 15 is 0 Å². The van der Waals surface area contributed by atoms with Crippen LogP contribution in [0.3, 0.4) is 0 Å². The minimum absolute atomic E-state index is 0.0341. The summed E-state index contributed by atoms with van der Waals surface area (Å²) in [6.45, 7) is 0. The average molecular weight is 611 g/mol. The first-order valence-electron chi connectivity index (χ1n) is 10.7. The number of methoxy groups -OCH3 is 1. The van der Waals surface area contributed by atoms with Crippen molar-refractivity contribution in [3.05, 3.63) is 42.5 Å². The second kappa shape index (κ2) is 9.65. The molecular weight excluding hydrogens is 590 g/mol. The maximum Gasteiger partial charge on any atom is 0.295 e. The van der Waals surface area contributed by atoms with Crippen molar-refractivity contribution in [2.24, 2.45) is 13.0 Å². The van der Waals surface area contributed by atoms with E-state index in [-0.39, 0.29) is 41.0 Å². The van der Waals surface area contributed by atoms with Crippen LogP contribution < -0.4 is 15.4 Å². The van der Waals surface area contributed by atoms with Crippen LogP contribution in [0.5, 0.6) is 5.75 Å². The molecule has 0 aliphatic heterocycles. The summed E-state index contributed by atoms with van der Waals surface area (Å²) in [6.07, 6.45) is 2.45. The summed E-state index contributed by atoms with van der Waals surface area (Å²) in [5.41, 5.74) is 3.25. The number of nitrogens with one attached hydrogen (secondary N) is 2. The summed E-state index contributed by atoms with van der Waals surface area (Å²) < 4.78 is 36.3. The molecule has 1 unspecified atom stereocenters. The molecule has 1 fully saturated rings. The number of pyridine rings is 1. The Hall–Kier alpha value is -2.86. The van der Waals surface area contributed by atoms with Gasteiger partial charge in [-0.05, 0) is 40.9 Å². The summed E-state index contributed by atoms with van der Waals surface area (Å²) in [4.78, 5) is 21.1. The summed E-state index contributed by atoms with van der Waals surface area (Å²) in [7, 11) is 3.39. The Morgan fingerprint density at radius 2 is 2.09 bits per heavy atom. The van der Waals surface area contributed by atoms with Gasteiger partial charge in [0.15, 0.2) is 11.5 Å². The van der Waals surface area contributed by atoms with Gasteiger partial charge in [-0.15, -0.1) is 0 Å². The first-order chi connectivity index (χ1) is 16.9. The van der Waals surface area contributed by atoms with E-state index in [2.05, 4.69) is 25.7 Å². The van der Waals surface area contributed by atoms with Crippen LogP contribution in [0.4, 0.5) is 26.0 Å². The number of imidazole rings is 1. The van der Waals surface area contributed by atoms with E-state index in [0.29, 0.717) is 17.1 Å². The molecule has 4 aromatic rings. The van der Waals surface area contributed by atoms with Gasteiger partial charge in [0.1, 0.15) is 17.1 Å². The first kappa shape index (κ1) is 23.9. The van der Waals surface area contributed by atoms with Gasteiger partial charge in [0.05, 0.1) is 31.1 Å². The van der Waals surface area contributed by atoms with Crippen LogP contribution in [0.1, 0.15) is 25.1 Å². The van der Waals surface area contributed by atoms with Gasteiger partial charge in [0.2, 0.25) is 5.91 Å². The van der Waals surface area contributed by atoms with Gasteiger partial charge in [-0.3, -0.25) is 13.8 Å². The average Bonchev–Trinajstić information content (AvgIpc) is 3.50. The maximum atomic E-state index is 13.8. The van der Waals surface area contributed by atoms with E-state index in [1.54, 1.807) is 24.1 Å². The maximum absolute atomic E-state index is 13.8. The van der Waals surface area contributed by atoms with E-state index in [0.717, 1.165) is 24.0 Å². The number of para-hydroxylation sites is 1. The van der Waals surface area contributed by atoms with Gasteiger partial charge in [-0.1, -0.05) is 12.1 Å². The molecule has 3 aromatic heterocycles. The Morgan fingerprint density at radius 1 is 1.29 bits per heavy atom. The van der Waals surface area contributed by atoms with Gasteiger partial charge < -0.3 is 15.4 Å². The molecule has 2 N–H and O–H groups in total. The second-order valence-corrected chi connectivity index (χ2v) is 10.2. The predicted octanol–water partition coefficient (Wildman–Crippen LogP) is 5.66. The number of aryl methyl sites for hydroxylation is 1. The Balaban J connectivity index is 1.63. The highest BCUT2D eigenvalue weighted by atomic mass is 127. The van der Waals surface area contributed by atoms with E-state index in [9.17, 15) is 13.6 Å². The number of amides is 1. The summed E-state index contributed by atoms with van der Waals surface area (Å²) in [6, 6.07) is 7.20. The third kappa shape index (κ3) is 4.68. The highest BCUT2D eigenvalue weighted by molar-refractivity contribution is 14.2. The lowest BCUT2D eigenvalue weighted by Crippen LogP contribution is -2.14. The smallest absolute Gasteiger partial charge is 0.295 e. The molecule has 0 saturated heterocycles. The van der Waals surface area contributed by atoms with Gasteiger partial charge in [-0.2, -0.15) is 5.10 Å². The van der Waals surface area contributed by atoms with Gasteiger partial charge >= 0.3 is 0 Å². The van der Waals surface area contributed by atoms with Crippen molar-refractivity contribution in [3.8, 4) is 16.9 Å². The Labute approximate surface area is 214 Å². The van der Waals surface area contributed by atoms with E-state index in [1.807, 2.05) is 53.5 Å². The largest absolute Gasteiger partial charge is 0.494 e. The number of nitrogens with zero attached hydrogens (tertiary/aromatic N) is 5. The third-order valence-electron chi connectivity index (χ3n) is 5.63. The van der Waals surface area contributed by atoms with Crippen LogP contribution in [-0.2, 0) is 11.8 Å². The van der Waals surface area contributed by atoms with Crippen LogP contribution in [-0.4, -0.2) is 37.1 Å². The van der Waals surface area contributed by atoms with Crippen molar-refractivity contribution in [3.63, 3.8) is 0 Å². The number of hydrogen-bond acceptors (Lipinski definition) is 6. The second-order valence-electron chi connectivity index (χ2n) is 8.10. The van der Waals surface area contributed by atoms with Crippen molar-refractivity contribution < 1.29 is 18.3 Å². The van der Waals surface area contributed by atoms with Crippen LogP contribution >= 0.6 is 28.4 Å². The fraction of sp³-hybridized carbons (Fsp3) is 0.273. The van der Waals surface area contributed by atoms with E-state index in [1.165, 1.54) is 4.34 Å². The molecule has 3 heterocycles. The van der Waals surface area contributed by atoms with Gasteiger partial charge in [0.25, 0.3) is 6.43 Å². The van der Waals surface area contributed by atoms with Crippen LogP contribution in [0, 0.1) is 5.92 Å². The zero-order chi connectivity index (χ0) is 24.7. The zero-order valence-corrected chi connectivity index (χ0v) is 21.9. The lowest BCUT2D eigenvalue weighted by Gasteiger charge is -2.16. The third-order valence-corrected chi connectivity index (χ3v) is 7.68. The molecule has 1 atom stereocenters. The fourth-order valence-electron chi connectivity index (χ4n) is 3.81. The molecule has 182 valence electrons. The number of anilines is 3. The van der Waals surface area contributed by atoms with Crippen molar-refractivity contribution in [2.45, 2.75) is 19.3 Å². The summed E-state index contributed by atoms with van der Waals surface area (Å²) >= 11 is 2.02. The molecular formula is C22H21F2IN7O2P. The first-order valence-corrected chi connectivity index (χ1v) is 14.8. The predicted molar refractivity (Wildman–Crippen MR) is 140 cm³/mol. The van der Waals surface area contributed by atoms with E-state index < -0.39 is 6.43 Å².